The van der Waals surface area contributed by atoms with Gasteiger partial charge in [0, 0.05) is 36.2 Å². The number of anilines is 1. The molecule has 0 radical (unpaired) electrons. The van der Waals surface area contributed by atoms with Gasteiger partial charge in [-0.1, -0.05) is 36.4 Å². The van der Waals surface area contributed by atoms with Crippen LogP contribution in [0.25, 0.3) is 10.8 Å². The lowest BCUT2D eigenvalue weighted by Crippen LogP contribution is -2.34. The van der Waals surface area contributed by atoms with E-state index in [4.69, 9.17) is 0 Å². The van der Waals surface area contributed by atoms with E-state index < -0.39 is 5.97 Å². The van der Waals surface area contributed by atoms with Crippen LogP contribution in [0.1, 0.15) is 54.8 Å². The first-order valence-corrected chi connectivity index (χ1v) is 11.5. The van der Waals surface area contributed by atoms with E-state index in [1.54, 1.807) is 6.07 Å². The first-order chi connectivity index (χ1) is 15.5. The Balaban J connectivity index is 1.29. The number of carboxylic acids is 1. The van der Waals surface area contributed by atoms with Crippen molar-refractivity contribution in [1.82, 2.24) is 5.32 Å². The van der Waals surface area contributed by atoms with Gasteiger partial charge in [0.2, 0.25) is 0 Å². The number of aryl methyl sites for hydroxylation is 1. The molecule has 166 valence electrons. The van der Waals surface area contributed by atoms with Crippen LogP contribution in [-0.4, -0.2) is 30.2 Å². The summed E-state index contributed by atoms with van der Waals surface area (Å²) in [6.07, 6.45) is 3.15. The van der Waals surface area contributed by atoms with Crippen molar-refractivity contribution >= 4 is 22.4 Å². The van der Waals surface area contributed by atoms with E-state index >= 15 is 0 Å². The molecule has 1 unspecified atom stereocenters. The number of carboxylic acid groups (broad SMARTS) is 1. The number of nitrogens with zero attached hydrogens (tertiary/aromatic N) is 1. The van der Waals surface area contributed by atoms with Crippen molar-refractivity contribution in [3.63, 3.8) is 0 Å². The number of hydrogen-bond acceptors (Lipinski definition) is 3. The van der Waals surface area contributed by atoms with Crippen molar-refractivity contribution in [2.75, 3.05) is 18.0 Å². The van der Waals surface area contributed by atoms with Gasteiger partial charge in [0.15, 0.2) is 0 Å². The maximum Gasteiger partial charge on any atom is 0.303 e. The van der Waals surface area contributed by atoms with E-state index in [2.05, 4.69) is 35.3 Å². The fourth-order valence-corrected chi connectivity index (χ4v) is 5.53. The summed E-state index contributed by atoms with van der Waals surface area (Å²) in [5.41, 5.74) is 4.82. The molecule has 4 nitrogen and oxygen atoms in total. The quantitative estimate of drug-likeness (QED) is 0.547. The van der Waals surface area contributed by atoms with Crippen LogP contribution in [0.3, 0.4) is 0 Å². The normalized spacial score (nSPS) is 21.1. The number of fused-ring (bicyclic) bond motifs is 2. The van der Waals surface area contributed by atoms with Crippen LogP contribution in [0.4, 0.5) is 10.1 Å². The predicted molar refractivity (Wildman–Crippen MR) is 126 cm³/mol. The van der Waals surface area contributed by atoms with E-state index in [9.17, 15) is 14.3 Å². The summed E-state index contributed by atoms with van der Waals surface area (Å²) in [7, 11) is 0. The lowest BCUT2D eigenvalue weighted by atomic mass is 9.97. The maximum atomic E-state index is 14.2. The molecule has 0 amide bonds. The highest BCUT2D eigenvalue weighted by atomic mass is 19.1. The standard InChI is InChI=1S/C27H29FN2O2/c1-17(22-10-11-26(28)24-5-3-2-4-23(22)24)29-20-12-13-30(16-20)21-9-8-18-6-7-19(14-27(31)32)25(18)15-21/h2-5,8-11,15,17,19-20,29H,6-7,12-14,16H2,1H3,(H,31,32)/t17-,19+,20?/m1/s1. The first kappa shape index (κ1) is 21.0. The fraction of sp³-hybridized carbons (Fsp3) is 0.370. The zero-order valence-electron chi connectivity index (χ0n) is 18.4. The third-order valence-electron chi connectivity index (χ3n) is 7.16. The monoisotopic (exact) mass is 432 g/mol. The van der Waals surface area contributed by atoms with Crippen LogP contribution < -0.4 is 10.2 Å². The first-order valence-electron chi connectivity index (χ1n) is 11.5. The Morgan fingerprint density at radius 2 is 1.97 bits per heavy atom. The van der Waals surface area contributed by atoms with Crippen LogP contribution >= 0.6 is 0 Å². The van der Waals surface area contributed by atoms with Crippen molar-refractivity contribution in [1.29, 1.82) is 0 Å². The van der Waals surface area contributed by atoms with E-state index in [0.29, 0.717) is 11.4 Å². The lowest BCUT2D eigenvalue weighted by molar-refractivity contribution is -0.137. The molecule has 0 aromatic heterocycles. The van der Waals surface area contributed by atoms with Gasteiger partial charge in [0.1, 0.15) is 5.82 Å². The van der Waals surface area contributed by atoms with E-state index in [1.807, 2.05) is 30.3 Å². The van der Waals surface area contributed by atoms with Crippen LogP contribution in [-0.2, 0) is 11.2 Å². The molecule has 1 aliphatic heterocycles. The molecular weight excluding hydrogens is 403 g/mol. The number of hydrogen-bond donors (Lipinski definition) is 2. The van der Waals surface area contributed by atoms with Crippen molar-refractivity contribution in [2.24, 2.45) is 0 Å². The predicted octanol–water partition coefficient (Wildman–Crippen LogP) is 5.41. The SMILES string of the molecule is C[C@@H](NC1CCN(c2ccc3c(c2)[C@H](CC(=O)O)CC3)C1)c1ccc(F)c2ccccc12. The highest BCUT2D eigenvalue weighted by molar-refractivity contribution is 5.86. The maximum absolute atomic E-state index is 14.2. The molecule has 2 aliphatic rings. The average molecular weight is 433 g/mol. The van der Waals surface area contributed by atoms with E-state index in [0.717, 1.165) is 43.3 Å². The number of benzene rings is 3. The van der Waals surface area contributed by atoms with Crippen molar-refractivity contribution in [3.8, 4) is 0 Å². The molecule has 3 atom stereocenters. The minimum Gasteiger partial charge on any atom is -0.481 e. The molecule has 3 aromatic carbocycles. The highest BCUT2D eigenvalue weighted by Gasteiger charge is 2.28. The Bertz CT molecular complexity index is 1160. The molecule has 1 saturated heterocycles. The summed E-state index contributed by atoms with van der Waals surface area (Å²) in [5.74, 6) is -0.770. The average Bonchev–Trinajstić information content (AvgIpc) is 3.41. The van der Waals surface area contributed by atoms with Crippen molar-refractivity contribution in [3.05, 3.63) is 77.1 Å². The number of nitrogens with one attached hydrogen (secondary N) is 1. The Hall–Kier alpha value is -2.92. The molecule has 5 heteroatoms. The molecule has 5 rings (SSSR count). The third-order valence-corrected chi connectivity index (χ3v) is 7.16. The second-order valence-corrected chi connectivity index (χ2v) is 9.22. The molecule has 3 aromatic rings. The van der Waals surface area contributed by atoms with E-state index in [1.165, 1.54) is 16.8 Å². The Morgan fingerprint density at radius 1 is 1.16 bits per heavy atom. The molecule has 1 fully saturated rings. The van der Waals surface area contributed by atoms with Gasteiger partial charge in [-0.15, -0.1) is 0 Å². The summed E-state index contributed by atoms with van der Waals surface area (Å²) in [5, 5.41) is 14.6. The van der Waals surface area contributed by atoms with Crippen LogP contribution in [0.2, 0.25) is 0 Å². The molecule has 32 heavy (non-hydrogen) atoms. The van der Waals surface area contributed by atoms with Gasteiger partial charge in [0.25, 0.3) is 0 Å². The van der Waals surface area contributed by atoms with Crippen molar-refractivity contribution in [2.45, 2.75) is 50.6 Å². The van der Waals surface area contributed by atoms with Gasteiger partial charge < -0.3 is 15.3 Å². The van der Waals surface area contributed by atoms with Crippen molar-refractivity contribution < 1.29 is 14.3 Å². The van der Waals surface area contributed by atoms with Crippen LogP contribution in [0.15, 0.2) is 54.6 Å². The second-order valence-electron chi connectivity index (χ2n) is 9.22. The van der Waals surface area contributed by atoms with Gasteiger partial charge >= 0.3 is 5.97 Å². The number of carbonyl (C=O) groups is 1. The van der Waals surface area contributed by atoms with Gasteiger partial charge in [-0.05, 0) is 72.4 Å². The molecular formula is C27H29FN2O2. The summed E-state index contributed by atoms with van der Waals surface area (Å²) in [6, 6.07) is 18.2. The zero-order chi connectivity index (χ0) is 22.2. The second kappa shape index (κ2) is 8.55. The van der Waals surface area contributed by atoms with Gasteiger partial charge in [0.05, 0.1) is 6.42 Å². The molecule has 0 spiro atoms. The largest absolute Gasteiger partial charge is 0.481 e. The molecule has 0 saturated carbocycles. The van der Waals surface area contributed by atoms with Crippen LogP contribution in [0.5, 0.6) is 0 Å². The Labute approximate surface area is 188 Å². The Morgan fingerprint density at radius 3 is 2.78 bits per heavy atom. The minimum atomic E-state index is -0.721. The summed E-state index contributed by atoms with van der Waals surface area (Å²) in [6.45, 7) is 4.02. The van der Waals surface area contributed by atoms with Gasteiger partial charge in [-0.2, -0.15) is 0 Å². The fourth-order valence-electron chi connectivity index (χ4n) is 5.53. The lowest BCUT2D eigenvalue weighted by Gasteiger charge is -2.23. The zero-order valence-corrected chi connectivity index (χ0v) is 18.4. The summed E-state index contributed by atoms with van der Waals surface area (Å²) >= 11 is 0. The van der Waals surface area contributed by atoms with Gasteiger partial charge in [-0.25, -0.2) is 4.39 Å². The van der Waals surface area contributed by atoms with Crippen LogP contribution in [0, 0.1) is 5.82 Å². The number of halogens is 1. The molecule has 1 aliphatic carbocycles. The molecule has 0 bridgehead atoms. The summed E-state index contributed by atoms with van der Waals surface area (Å²) in [4.78, 5) is 13.6. The van der Waals surface area contributed by atoms with Gasteiger partial charge in [-0.3, -0.25) is 4.79 Å². The van der Waals surface area contributed by atoms with E-state index in [-0.39, 0.29) is 24.2 Å². The third kappa shape index (κ3) is 3.97. The topological polar surface area (TPSA) is 52.6 Å². The summed E-state index contributed by atoms with van der Waals surface area (Å²) < 4.78 is 14.2. The Kier molecular flexibility index (Phi) is 5.60. The number of rotatable bonds is 6. The molecule has 2 N–H and O–H groups in total. The highest BCUT2D eigenvalue weighted by Crippen LogP contribution is 2.38. The minimum absolute atomic E-state index is 0.116. The number of aliphatic carboxylic acids is 1. The molecule has 1 heterocycles. The smallest absolute Gasteiger partial charge is 0.303 e.